The van der Waals surface area contributed by atoms with Crippen LogP contribution in [0, 0.1) is 18.8 Å². The predicted molar refractivity (Wildman–Crippen MR) is 106 cm³/mol. The Morgan fingerprint density at radius 1 is 1.30 bits per heavy atom. The highest BCUT2D eigenvalue weighted by Crippen LogP contribution is 2.41. The van der Waals surface area contributed by atoms with Gasteiger partial charge in [-0.1, -0.05) is 42.2 Å². The highest BCUT2D eigenvalue weighted by atomic mass is 32.1. The number of carbonyl (C=O) groups is 1. The quantitative estimate of drug-likeness (QED) is 0.689. The highest BCUT2D eigenvalue weighted by Gasteiger charge is 2.33. The molecule has 0 saturated heterocycles. The average molecular weight is 377 g/mol. The molecule has 6 heteroatoms. The standard InChI is InChI=1S/C21H19N3O2S/c1-14-20-17(18-10-9-16(27-18)8-5-11-25)12-19(26)22-21(20)24(23-14)13-15-6-3-2-4-7-15/h2-4,6-7,9-10,17,25H,11-13H2,1H3,(H,22,26)/t17-/m1/s1. The number of aryl methyl sites for hydroxylation is 1. The average Bonchev–Trinajstić information content (AvgIpc) is 3.25. The number of rotatable bonds is 3. The number of nitrogens with zero attached hydrogens (tertiary/aromatic N) is 2. The maximum atomic E-state index is 12.4. The molecule has 5 nitrogen and oxygen atoms in total. The number of thiophene rings is 1. The van der Waals surface area contributed by atoms with E-state index in [1.165, 1.54) is 0 Å². The van der Waals surface area contributed by atoms with Crippen LogP contribution in [0.15, 0.2) is 42.5 Å². The van der Waals surface area contributed by atoms with E-state index in [-0.39, 0.29) is 18.4 Å². The maximum absolute atomic E-state index is 12.4. The summed E-state index contributed by atoms with van der Waals surface area (Å²) >= 11 is 1.57. The van der Waals surface area contributed by atoms with Gasteiger partial charge in [0.15, 0.2) is 0 Å². The molecule has 4 rings (SSSR count). The fraction of sp³-hybridized carbons (Fsp3) is 0.238. The van der Waals surface area contributed by atoms with Crippen molar-refractivity contribution in [3.8, 4) is 11.8 Å². The van der Waals surface area contributed by atoms with E-state index >= 15 is 0 Å². The summed E-state index contributed by atoms with van der Waals surface area (Å²) in [6.45, 7) is 2.45. The van der Waals surface area contributed by atoms with E-state index in [1.807, 2.05) is 41.9 Å². The van der Waals surface area contributed by atoms with Crippen molar-refractivity contribution in [1.29, 1.82) is 0 Å². The van der Waals surface area contributed by atoms with Gasteiger partial charge in [0.2, 0.25) is 5.91 Å². The van der Waals surface area contributed by atoms with E-state index in [1.54, 1.807) is 11.3 Å². The molecule has 0 bridgehead atoms. The largest absolute Gasteiger partial charge is 0.384 e. The second-order valence-electron chi connectivity index (χ2n) is 6.46. The summed E-state index contributed by atoms with van der Waals surface area (Å²) in [6.07, 6.45) is 0.401. The first-order valence-corrected chi connectivity index (χ1v) is 9.58. The molecule has 0 spiro atoms. The number of aliphatic hydroxyl groups is 1. The topological polar surface area (TPSA) is 67.1 Å². The van der Waals surface area contributed by atoms with Crippen LogP contribution < -0.4 is 5.32 Å². The zero-order valence-electron chi connectivity index (χ0n) is 14.9. The highest BCUT2D eigenvalue weighted by molar-refractivity contribution is 7.12. The van der Waals surface area contributed by atoms with Crippen LogP contribution in [0.2, 0.25) is 0 Å². The molecular weight excluding hydrogens is 358 g/mol. The molecule has 3 heterocycles. The van der Waals surface area contributed by atoms with Crippen molar-refractivity contribution < 1.29 is 9.90 Å². The Morgan fingerprint density at radius 3 is 2.89 bits per heavy atom. The van der Waals surface area contributed by atoms with E-state index in [2.05, 4.69) is 29.3 Å². The third kappa shape index (κ3) is 3.52. The third-order valence-corrected chi connectivity index (χ3v) is 5.72. The van der Waals surface area contributed by atoms with Crippen LogP contribution in [-0.2, 0) is 11.3 Å². The number of benzene rings is 1. The van der Waals surface area contributed by atoms with Crippen LogP contribution in [0.3, 0.4) is 0 Å². The van der Waals surface area contributed by atoms with Gasteiger partial charge in [-0.3, -0.25) is 4.79 Å². The Balaban J connectivity index is 1.72. The number of amides is 1. The molecule has 1 aliphatic heterocycles. The predicted octanol–water partition coefficient (Wildman–Crippen LogP) is 3.12. The number of nitrogens with one attached hydrogen (secondary N) is 1. The van der Waals surface area contributed by atoms with Crippen LogP contribution in [-0.4, -0.2) is 27.4 Å². The van der Waals surface area contributed by atoms with Crippen molar-refractivity contribution in [2.24, 2.45) is 0 Å². The van der Waals surface area contributed by atoms with Crippen molar-refractivity contribution in [3.63, 3.8) is 0 Å². The number of aromatic nitrogens is 2. The van der Waals surface area contributed by atoms with Gasteiger partial charge in [0.05, 0.1) is 17.1 Å². The maximum Gasteiger partial charge on any atom is 0.226 e. The number of hydrogen-bond acceptors (Lipinski definition) is 4. The molecule has 0 unspecified atom stereocenters. The number of carbonyl (C=O) groups excluding carboxylic acids is 1. The summed E-state index contributed by atoms with van der Waals surface area (Å²) < 4.78 is 1.88. The Morgan fingerprint density at radius 2 is 2.11 bits per heavy atom. The van der Waals surface area contributed by atoms with E-state index < -0.39 is 0 Å². The number of anilines is 1. The van der Waals surface area contributed by atoms with Gasteiger partial charge in [0, 0.05) is 22.8 Å². The van der Waals surface area contributed by atoms with Crippen LogP contribution >= 0.6 is 11.3 Å². The lowest BCUT2D eigenvalue weighted by molar-refractivity contribution is -0.116. The minimum atomic E-state index is -0.158. The molecule has 3 aromatic rings. The van der Waals surface area contributed by atoms with Gasteiger partial charge >= 0.3 is 0 Å². The summed E-state index contributed by atoms with van der Waals surface area (Å²) in [6, 6.07) is 14.1. The summed E-state index contributed by atoms with van der Waals surface area (Å²) in [4.78, 5) is 14.4. The van der Waals surface area contributed by atoms with E-state index in [0.29, 0.717) is 13.0 Å². The lowest BCUT2D eigenvalue weighted by Gasteiger charge is -2.23. The van der Waals surface area contributed by atoms with E-state index in [9.17, 15) is 4.79 Å². The lowest BCUT2D eigenvalue weighted by Crippen LogP contribution is -2.25. The van der Waals surface area contributed by atoms with Crippen molar-refractivity contribution in [2.75, 3.05) is 11.9 Å². The van der Waals surface area contributed by atoms with Crippen molar-refractivity contribution in [1.82, 2.24) is 9.78 Å². The van der Waals surface area contributed by atoms with Crippen molar-refractivity contribution in [3.05, 3.63) is 69.0 Å². The number of fused-ring (bicyclic) bond motifs is 1. The summed E-state index contributed by atoms with van der Waals surface area (Å²) in [5, 5.41) is 16.6. The second kappa shape index (κ2) is 7.39. The molecule has 1 amide bonds. The van der Waals surface area contributed by atoms with Gasteiger partial charge < -0.3 is 10.4 Å². The van der Waals surface area contributed by atoms with Crippen LogP contribution in [0.25, 0.3) is 0 Å². The van der Waals surface area contributed by atoms with Gasteiger partial charge in [-0.25, -0.2) is 4.68 Å². The SMILES string of the molecule is Cc1nn(Cc2ccccc2)c2c1[C@@H](c1ccc(C#CCO)s1)CC(=O)N2. The Hall–Kier alpha value is -2.88. The molecule has 0 radical (unpaired) electrons. The van der Waals surface area contributed by atoms with E-state index in [0.717, 1.165) is 32.4 Å². The molecule has 1 aromatic carbocycles. The lowest BCUT2D eigenvalue weighted by atomic mass is 9.91. The van der Waals surface area contributed by atoms with Crippen molar-refractivity contribution in [2.45, 2.75) is 25.8 Å². The van der Waals surface area contributed by atoms with Crippen LogP contribution in [0.5, 0.6) is 0 Å². The molecule has 1 aliphatic rings. The fourth-order valence-corrected chi connectivity index (χ4v) is 4.46. The Labute approximate surface area is 161 Å². The molecule has 2 aromatic heterocycles. The summed E-state index contributed by atoms with van der Waals surface area (Å²) in [7, 11) is 0. The smallest absolute Gasteiger partial charge is 0.226 e. The molecule has 0 saturated carbocycles. The normalized spacial score (nSPS) is 15.6. The first-order valence-electron chi connectivity index (χ1n) is 8.76. The first-order chi connectivity index (χ1) is 13.2. The van der Waals surface area contributed by atoms with E-state index in [4.69, 9.17) is 10.2 Å². The van der Waals surface area contributed by atoms with Crippen LogP contribution in [0.4, 0.5) is 5.82 Å². The van der Waals surface area contributed by atoms with Gasteiger partial charge in [-0.05, 0) is 24.6 Å². The molecule has 0 aliphatic carbocycles. The third-order valence-electron chi connectivity index (χ3n) is 4.61. The van der Waals surface area contributed by atoms with Gasteiger partial charge in [-0.15, -0.1) is 11.3 Å². The minimum absolute atomic E-state index is 0.00176. The van der Waals surface area contributed by atoms with Gasteiger partial charge in [0.25, 0.3) is 0 Å². The molecule has 0 fully saturated rings. The molecule has 136 valence electrons. The molecule has 27 heavy (non-hydrogen) atoms. The molecule has 1 atom stereocenters. The summed E-state index contributed by atoms with van der Waals surface area (Å²) in [5.41, 5.74) is 3.15. The molecular formula is C21H19N3O2S. The Kier molecular flexibility index (Phi) is 4.80. The zero-order valence-corrected chi connectivity index (χ0v) is 15.7. The summed E-state index contributed by atoms with van der Waals surface area (Å²) in [5.74, 6) is 6.37. The molecule has 2 N–H and O–H groups in total. The Bertz CT molecular complexity index is 1040. The van der Waals surface area contributed by atoms with Gasteiger partial charge in [0.1, 0.15) is 12.4 Å². The first kappa shape index (κ1) is 17.5. The number of hydrogen-bond donors (Lipinski definition) is 2. The number of aliphatic hydroxyl groups excluding tert-OH is 1. The fourth-order valence-electron chi connectivity index (χ4n) is 3.46. The minimum Gasteiger partial charge on any atom is -0.384 e. The zero-order chi connectivity index (χ0) is 18.8. The monoisotopic (exact) mass is 377 g/mol. The van der Waals surface area contributed by atoms with Gasteiger partial charge in [-0.2, -0.15) is 5.10 Å². The second-order valence-corrected chi connectivity index (χ2v) is 7.57. The van der Waals surface area contributed by atoms with Crippen LogP contribution in [0.1, 0.15) is 38.9 Å². The van der Waals surface area contributed by atoms with Crippen molar-refractivity contribution >= 4 is 23.1 Å².